The lowest BCUT2D eigenvalue weighted by atomic mass is 10.1. The fraction of sp³-hybridized carbons (Fsp3) is 0.296. The number of nitrogens with zero attached hydrogens (tertiary/aromatic N) is 3. The molecule has 3 N–H and O–H groups in total. The molecule has 38 heavy (non-hydrogen) atoms. The third-order valence-corrected chi connectivity index (χ3v) is 7.95. The van der Waals surface area contributed by atoms with Gasteiger partial charge in [-0.25, -0.2) is 4.98 Å². The Labute approximate surface area is 228 Å². The van der Waals surface area contributed by atoms with Crippen LogP contribution in [0.5, 0.6) is 5.75 Å². The highest BCUT2D eigenvalue weighted by molar-refractivity contribution is 7.70. The topological polar surface area (TPSA) is 108 Å². The minimum atomic E-state index is -2.54. The third-order valence-electron chi connectivity index (χ3n) is 6.12. The molecule has 0 spiro atoms. The number of rotatable bonds is 9. The second-order valence-electron chi connectivity index (χ2n) is 9.53. The molecular weight excluding hydrogens is 523 g/mol. The van der Waals surface area contributed by atoms with Crippen molar-refractivity contribution in [2.24, 2.45) is 0 Å². The molecule has 1 aliphatic heterocycles. The summed E-state index contributed by atoms with van der Waals surface area (Å²) in [6.07, 6.45) is 4.59. The molecule has 1 amide bonds. The number of hydrogen-bond donors (Lipinski definition) is 3. The van der Waals surface area contributed by atoms with Gasteiger partial charge in [0.25, 0.3) is 0 Å². The molecule has 0 unspecified atom stereocenters. The quantitative estimate of drug-likeness (QED) is 0.236. The van der Waals surface area contributed by atoms with E-state index in [9.17, 15) is 9.36 Å². The van der Waals surface area contributed by atoms with Crippen LogP contribution in [-0.4, -0.2) is 60.3 Å². The van der Waals surface area contributed by atoms with E-state index in [1.807, 2.05) is 36.4 Å². The summed E-state index contributed by atoms with van der Waals surface area (Å²) >= 11 is 6.38. The molecule has 0 radical (unpaired) electrons. The number of likely N-dealkylation sites (tertiary alicyclic amines) is 1. The molecule has 2 heterocycles. The number of ether oxygens (including phenoxy) is 1. The van der Waals surface area contributed by atoms with Crippen LogP contribution in [0.4, 0.5) is 28.8 Å². The Balaban J connectivity index is 1.57. The van der Waals surface area contributed by atoms with Crippen LogP contribution in [0, 0.1) is 0 Å². The maximum absolute atomic E-state index is 12.8. The number of piperidine rings is 1. The SMILES string of the molecule is C=CC(=O)Nc1cc(Nc2ncc(Cl)c(Nc3ccccc3P(C)(C)=O)n2)ccc1OC1CCN(C)CC1. The molecule has 1 saturated heterocycles. The summed E-state index contributed by atoms with van der Waals surface area (Å²) in [5.41, 5.74) is 1.82. The normalized spacial score (nSPS) is 14.5. The van der Waals surface area contributed by atoms with Crippen LogP contribution in [0.1, 0.15) is 12.8 Å². The summed E-state index contributed by atoms with van der Waals surface area (Å²) < 4.78 is 19.0. The van der Waals surface area contributed by atoms with Crippen LogP contribution in [0.2, 0.25) is 5.02 Å². The van der Waals surface area contributed by atoms with Gasteiger partial charge in [0.05, 0.1) is 17.6 Å². The summed E-state index contributed by atoms with van der Waals surface area (Å²) in [5.74, 6) is 0.898. The molecule has 0 bridgehead atoms. The van der Waals surface area contributed by atoms with E-state index >= 15 is 0 Å². The van der Waals surface area contributed by atoms with Gasteiger partial charge in [0.2, 0.25) is 11.9 Å². The van der Waals surface area contributed by atoms with E-state index < -0.39 is 7.14 Å². The molecule has 1 aliphatic rings. The van der Waals surface area contributed by atoms with E-state index in [1.165, 1.54) is 12.3 Å². The Morgan fingerprint density at radius 2 is 1.89 bits per heavy atom. The highest BCUT2D eigenvalue weighted by atomic mass is 35.5. The van der Waals surface area contributed by atoms with Crippen molar-refractivity contribution in [3.05, 3.63) is 66.3 Å². The molecule has 11 heteroatoms. The van der Waals surface area contributed by atoms with Crippen LogP contribution in [0.25, 0.3) is 0 Å². The van der Waals surface area contributed by atoms with Gasteiger partial charge in [-0.2, -0.15) is 4.98 Å². The third kappa shape index (κ3) is 7.13. The van der Waals surface area contributed by atoms with Gasteiger partial charge in [-0.05, 0) is 69.6 Å². The van der Waals surface area contributed by atoms with Gasteiger partial charge in [-0.1, -0.05) is 30.3 Å². The average Bonchev–Trinajstić information content (AvgIpc) is 2.88. The number of nitrogens with one attached hydrogen (secondary N) is 3. The van der Waals surface area contributed by atoms with Crippen molar-refractivity contribution in [1.29, 1.82) is 0 Å². The van der Waals surface area contributed by atoms with E-state index in [-0.39, 0.29) is 18.0 Å². The molecule has 200 valence electrons. The van der Waals surface area contributed by atoms with Gasteiger partial charge in [0.15, 0.2) is 5.82 Å². The number of halogens is 1. The van der Waals surface area contributed by atoms with E-state index in [1.54, 1.807) is 19.4 Å². The van der Waals surface area contributed by atoms with Crippen molar-refractivity contribution in [1.82, 2.24) is 14.9 Å². The van der Waals surface area contributed by atoms with Crippen molar-refractivity contribution in [2.75, 3.05) is 49.4 Å². The molecule has 3 aromatic rings. The summed E-state index contributed by atoms with van der Waals surface area (Å²) in [7, 11) is -0.442. The smallest absolute Gasteiger partial charge is 0.247 e. The fourth-order valence-electron chi connectivity index (χ4n) is 4.09. The summed E-state index contributed by atoms with van der Waals surface area (Å²) in [6, 6.07) is 12.8. The van der Waals surface area contributed by atoms with E-state index in [2.05, 4.69) is 44.4 Å². The van der Waals surface area contributed by atoms with Crippen LogP contribution in [-0.2, 0) is 9.36 Å². The molecule has 4 rings (SSSR count). The molecule has 0 saturated carbocycles. The van der Waals surface area contributed by atoms with Gasteiger partial charge in [0.1, 0.15) is 24.0 Å². The maximum atomic E-state index is 12.8. The largest absolute Gasteiger partial charge is 0.488 e. The monoisotopic (exact) mass is 554 g/mol. The first kappa shape index (κ1) is 27.6. The Morgan fingerprint density at radius 1 is 1.16 bits per heavy atom. The predicted molar refractivity (Wildman–Crippen MR) is 156 cm³/mol. The molecule has 0 aliphatic carbocycles. The maximum Gasteiger partial charge on any atom is 0.247 e. The number of aromatic nitrogens is 2. The molecule has 9 nitrogen and oxygen atoms in total. The summed E-state index contributed by atoms with van der Waals surface area (Å²) in [6.45, 7) is 8.89. The zero-order valence-electron chi connectivity index (χ0n) is 21.7. The molecule has 2 aromatic carbocycles. The number of benzene rings is 2. The summed E-state index contributed by atoms with van der Waals surface area (Å²) in [4.78, 5) is 23.2. The lowest BCUT2D eigenvalue weighted by Crippen LogP contribution is -2.35. The van der Waals surface area contributed by atoms with Crippen molar-refractivity contribution in [3.8, 4) is 5.75 Å². The lowest BCUT2D eigenvalue weighted by molar-refractivity contribution is -0.111. The Kier molecular flexibility index (Phi) is 8.72. The fourth-order valence-corrected chi connectivity index (χ4v) is 5.39. The van der Waals surface area contributed by atoms with Crippen LogP contribution in [0.3, 0.4) is 0 Å². The minimum absolute atomic E-state index is 0.0713. The van der Waals surface area contributed by atoms with E-state index in [0.717, 1.165) is 25.9 Å². The average molecular weight is 555 g/mol. The molecule has 0 atom stereocenters. The van der Waals surface area contributed by atoms with Crippen LogP contribution >= 0.6 is 18.7 Å². The van der Waals surface area contributed by atoms with Crippen LogP contribution in [0.15, 0.2) is 61.3 Å². The lowest BCUT2D eigenvalue weighted by Gasteiger charge is -2.30. The zero-order chi connectivity index (χ0) is 27.3. The number of carbonyl (C=O) groups is 1. The highest BCUT2D eigenvalue weighted by Crippen LogP contribution is 2.39. The van der Waals surface area contributed by atoms with E-state index in [0.29, 0.717) is 39.0 Å². The second kappa shape index (κ2) is 12.0. The van der Waals surface area contributed by atoms with Crippen molar-refractivity contribution >= 4 is 58.8 Å². The zero-order valence-corrected chi connectivity index (χ0v) is 23.4. The van der Waals surface area contributed by atoms with Gasteiger partial charge in [0, 0.05) is 24.1 Å². The predicted octanol–water partition coefficient (Wildman–Crippen LogP) is 5.46. The minimum Gasteiger partial charge on any atom is -0.488 e. The molecule has 1 fully saturated rings. The number of carbonyl (C=O) groups excluding carboxylic acids is 1. The van der Waals surface area contributed by atoms with Crippen LogP contribution < -0.4 is 26.0 Å². The molecular formula is C27H32ClN6O3P. The van der Waals surface area contributed by atoms with Gasteiger partial charge >= 0.3 is 0 Å². The number of anilines is 5. The van der Waals surface area contributed by atoms with Gasteiger partial charge < -0.3 is 30.2 Å². The Hall–Kier alpha value is -3.39. The van der Waals surface area contributed by atoms with Crippen molar-refractivity contribution in [2.45, 2.75) is 18.9 Å². The standard InChI is InChI=1S/C27H32ClN6O3P/c1-5-25(35)31-22-16-18(10-11-23(22)37-19-12-14-34(2)15-13-19)30-27-29-17-20(28)26(33-27)32-21-8-6-7-9-24(21)38(3,4)36/h5-11,16-17,19H,1,12-15H2,2-4H3,(H,31,35)(H2,29,30,32,33). The van der Waals surface area contributed by atoms with E-state index in [4.69, 9.17) is 16.3 Å². The number of hydrogen-bond acceptors (Lipinski definition) is 8. The van der Waals surface area contributed by atoms with Crippen molar-refractivity contribution < 1.29 is 14.1 Å². The summed E-state index contributed by atoms with van der Waals surface area (Å²) in [5, 5.41) is 10.2. The molecule has 1 aromatic heterocycles. The first-order chi connectivity index (χ1) is 18.1. The highest BCUT2D eigenvalue weighted by Gasteiger charge is 2.20. The Morgan fingerprint density at radius 3 is 2.61 bits per heavy atom. The first-order valence-corrected chi connectivity index (χ1v) is 15.2. The number of para-hydroxylation sites is 1. The first-order valence-electron chi connectivity index (χ1n) is 12.3. The van der Waals surface area contributed by atoms with Crippen molar-refractivity contribution in [3.63, 3.8) is 0 Å². The van der Waals surface area contributed by atoms with Gasteiger partial charge in [-0.3, -0.25) is 4.79 Å². The number of amides is 1. The van der Waals surface area contributed by atoms with Gasteiger partial charge in [-0.15, -0.1) is 0 Å². The second-order valence-corrected chi connectivity index (χ2v) is 13.1. The Bertz CT molecular complexity index is 1370.